The van der Waals surface area contributed by atoms with Crippen molar-refractivity contribution in [3.63, 3.8) is 0 Å². The summed E-state index contributed by atoms with van der Waals surface area (Å²) in [4.78, 5) is 23.0. The molecule has 1 aromatic heterocycles. The molecule has 0 saturated carbocycles. The summed E-state index contributed by atoms with van der Waals surface area (Å²) < 4.78 is 2.12. The molecule has 0 aliphatic carbocycles. The van der Waals surface area contributed by atoms with E-state index >= 15 is 0 Å². The molecule has 1 heterocycles. The summed E-state index contributed by atoms with van der Waals surface area (Å²) in [6.07, 6.45) is 1.54. The zero-order valence-corrected chi connectivity index (χ0v) is 12.2. The maximum Gasteiger partial charge on any atom is 0.275 e. The maximum atomic E-state index is 12.2. The van der Waals surface area contributed by atoms with Crippen LogP contribution in [0.5, 0.6) is 0 Å². The number of aromatic carboxylic acids is 1. The molecule has 0 fully saturated rings. The standard InChI is InChI=1S/C13H12BrN3O3/c1-2-17-11(10(14)7-15-17)12(18)16-9-5-3-4-8(6-9)13(19)20/h3-7H,2H2,1H3,(H,16,18)(H,19,20)/p-1. The lowest BCUT2D eigenvalue weighted by atomic mass is 10.2. The van der Waals surface area contributed by atoms with Crippen LogP contribution in [-0.4, -0.2) is 21.7 Å². The largest absolute Gasteiger partial charge is 0.545 e. The number of rotatable bonds is 4. The number of amides is 1. The molecule has 2 aromatic rings. The minimum Gasteiger partial charge on any atom is -0.545 e. The first kappa shape index (κ1) is 14.3. The van der Waals surface area contributed by atoms with E-state index in [1.807, 2.05) is 6.92 Å². The molecule has 6 nitrogen and oxygen atoms in total. The van der Waals surface area contributed by atoms with E-state index in [1.165, 1.54) is 24.4 Å². The van der Waals surface area contributed by atoms with E-state index in [9.17, 15) is 14.7 Å². The lowest BCUT2D eigenvalue weighted by Crippen LogP contribution is -2.23. The molecule has 0 radical (unpaired) electrons. The van der Waals surface area contributed by atoms with Crippen molar-refractivity contribution in [2.75, 3.05) is 5.32 Å². The fourth-order valence-electron chi connectivity index (χ4n) is 1.74. The second-order valence-electron chi connectivity index (χ2n) is 3.98. The van der Waals surface area contributed by atoms with Crippen molar-refractivity contribution >= 4 is 33.5 Å². The lowest BCUT2D eigenvalue weighted by Gasteiger charge is -2.09. The highest BCUT2D eigenvalue weighted by molar-refractivity contribution is 9.10. The normalized spacial score (nSPS) is 10.3. The Morgan fingerprint density at radius 2 is 2.20 bits per heavy atom. The number of aryl methyl sites for hydroxylation is 1. The van der Waals surface area contributed by atoms with Crippen LogP contribution in [0.4, 0.5) is 5.69 Å². The Hall–Kier alpha value is -2.15. The van der Waals surface area contributed by atoms with Gasteiger partial charge in [-0.15, -0.1) is 0 Å². The van der Waals surface area contributed by atoms with Gasteiger partial charge < -0.3 is 15.2 Å². The third-order valence-electron chi connectivity index (χ3n) is 2.67. The second-order valence-corrected chi connectivity index (χ2v) is 4.83. The highest BCUT2D eigenvalue weighted by atomic mass is 79.9. The molecule has 20 heavy (non-hydrogen) atoms. The van der Waals surface area contributed by atoms with Gasteiger partial charge in [-0.3, -0.25) is 9.48 Å². The highest BCUT2D eigenvalue weighted by Gasteiger charge is 2.16. The molecule has 0 bridgehead atoms. The number of nitrogens with one attached hydrogen (secondary N) is 1. The molecular formula is C13H11BrN3O3-. The number of carboxylic acids is 1. The van der Waals surface area contributed by atoms with Crippen LogP contribution >= 0.6 is 15.9 Å². The minimum absolute atomic E-state index is 0.00543. The molecule has 0 unspecified atom stereocenters. The van der Waals surface area contributed by atoms with E-state index < -0.39 is 5.97 Å². The fourth-order valence-corrected chi connectivity index (χ4v) is 2.22. The van der Waals surface area contributed by atoms with Crippen LogP contribution in [0.3, 0.4) is 0 Å². The summed E-state index contributed by atoms with van der Waals surface area (Å²) in [5, 5.41) is 17.5. The van der Waals surface area contributed by atoms with E-state index in [1.54, 1.807) is 10.7 Å². The minimum atomic E-state index is -1.29. The number of carboxylic acid groups (broad SMARTS) is 1. The number of anilines is 1. The fraction of sp³-hybridized carbons (Fsp3) is 0.154. The maximum absolute atomic E-state index is 12.2. The molecule has 1 aromatic carbocycles. The topological polar surface area (TPSA) is 87.0 Å². The Morgan fingerprint density at radius 3 is 2.85 bits per heavy atom. The molecule has 1 N–H and O–H groups in total. The first-order chi connectivity index (χ1) is 9.52. The molecule has 0 aliphatic rings. The third kappa shape index (κ3) is 2.88. The predicted molar refractivity (Wildman–Crippen MR) is 74.3 cm³/mol. The number of hydrogen-bond donors (Lipinski definition) is 1. The number of aromatic nitrogens is 2. The number of carbonyl (C=O) groups excluding carboxylic acids is 2. The molecule has 7 heteroatoms. The number of hydrogen-bond acceptors (Lipinski definition) is 4. The number of benzene rings is 1. The van der Waals surface area contributed by atoms with Crippen LogP contribution in [0, 0.1) is 0 Å². The van der Waals surface area contributed by atoms with Gasteiger partial charge in [-0.2, -0.15) is 5.10 Å². The third-order valence-corrected chi connectivity index (χ3v) is 3.25. The molecule has 0 spiro atoms. The highest BCUT2D eigenvalue weighted by Crippen LogP contribution is 2.18. The van der Waals surface area contributed by atoms with E-state index in [0.29, 0.717) is 22.4 Å². The average molecular weight is 337 g/mol. The van der Waals surface area contributed by atoms with Crippen molar-refractivity contribution in [3.05, 3.63) is 46.2 Å². The summed E-state index contributed by atoms with van der Waals surface area (Å²) in [6, 6.07) is 5.88. The Bertz CT molecular complexity index is 667. The van der Waals surface area contributed by atoms with Crippen molar-refractivity contribution in [1.82, 2.24) is 9.78 Å². The zero-order chi connectivity index (χ0) is 14.7. The van der Waals surface area contributed by atoms with Crippen molar-refractivity contribution < 1.29 is 14.7 Å². The predicted octanol–water partition coefficient (Wildman–Crippen LogP) is 1.28. The first-order valence-corrected chi connectivity index (χ1v) is 6.66. The van der Waals surface area contributed by atoms with Crippen molar-refractivity contribution in [1.29, 1.82) is 0 Å². The molecule has 0 saturated heterocycles. The SMILES string of the molecule is CCn1ncc(Br)c1C(=O)Nc1cccc(C(=O)[O-])c1. The summed E-state index contributed by atoms with van der Waals surface area (Å²) in [7, 11) is 0. The van der Waals surface area contributed by atoms with Gasteiger partial charge in [0.05, 0.1) is 16.6 Å². The molecular weight excluding hydrogens is 326 g/mol. The Kier molecular flexibility index (Phi) is 4.19. The van der Waals surface area contributed by atoms with E-state index in [4.69, 9.17) is 0 Å². The van der Waals surface area contributed by atoms with Gasteiger partial charge in [-0.05, 0) is 40.5 Å². The van der Waals surface area contributed by atoms with Gasteiger partial charge in [0.1, 0.15) is 5.69 Å². The molecule has 2 rings (SSSR count). The van der Waals surface area contributed by atoms with Gasteiger partial charge in [-0.1, -0.05) is 12.1 Å². The van der Waals surface area contributed by atoms with Gasteiger partial charge in [0.15, 0.2) is 0 Å². The van der Waals surface area contributed by atoms with Gasteiger partial charge in [-0.25, -0.2) is 0 Å². The Labute approximate surface area is 123 Å². The summed E-state index contributed by atoms with van der Waals surface area (Å²) in [5.41, 5.74) is 0.768. The van der Waals surface area contributed by atoms with Crippen LogP contribution in [0.15, 0.2) is 34.9 Å². The van der Waals surface area contributed by atoms with Gasteiger partial charge >= 0.3 is 0 Å². The molecule has 0 aliphatic heterocycles. The Morgan fingerprint density at radius 1 is 1.45 bits per heavy atom. The second kappa shape index (κ2) is 5.87. The van der Waals surface area contributed by atoms with Gasteiger partial charge in [0, 0.05) is 12.2 Å². The number of halogens is 1. The zero-order valence-electron chi connectivity index (χ0n) is 10.6. The van der Waals surface area contributed by atoms with Crippen LogP contribution in [-0.2, 0) is 6.54 Å². The molecule has 0 atom stereocenters. The number of carbonyl (C=O) groups is 2. The van der Waals surface area contributed by atoms with Crippen LogP contribution < -0.4 is 10.4 Å². The molecule has 1 amide bonds. The monoisotopic (exact) mass is 336 g/mol. The summed E-state index contributed by atoms with van der Waals surface area (Å²) in [6.45, 7) is 2.42. The number of nitrogens with zero attached hydrogens (tertiary/aromatic N) is 2. The van der Waals surface area contributed by atoms with Crippen molar-refractivity contribution in [2.45, 2.75) is 13.5 Å². The summed E-state index contributed by atoms with van der Waals surface area (Å²) in [5.74, 6) is -1.66. The van der Waals surface area contributed by atoms with Crippen molar-refractivity contribution in [3.8, 4) is 0 Å². The van der Waals surface area contributed by atoms with Crippen LogP contribution in [0.1, 0.15) is 27.8 Å². The smallest absolute Gasteiger partial charge is 0.275 e. The quantitative estimate of drug-likeness (QED) is 0.911. The lowest BCUT2D eigenvalue weighted by molar-refractivity contribution is -0.255. The van der Waals surface area contributed by atoms with Crippen LogP contribution in [0.2, 0.25) is 0 Å². The summed E-state index contributed by atoms with van der Waals surface area (Å²) >= 11 is 3.26. The van der Waals surface area contributed by atoms with E-state index in [0.717, 1.165) is 0 Å². The average Bonchev–Trinajstić information content (AvgIpc) is 2.80. The van der Waals surface area contributed by atoms with Crippen molar-refractivity contribution in [2.24, 2.45) is 0 Å². The first-order valence-electron chi connectivity index (χ1n) is 5.87. The van der Waals surface area contributed by atoms with Gasteiger partial charge in [0.25, 0.3) is 5.91 Å². The van der Waals surface area contributed by atoms with Gasteiger partial charge in [0.2, 0.25) is 0 Å². The van der Waals surface area contributed by atoms with Crippen LogP contribution in [0.25, 0.3) is 0 Å². The Balaban J connectivity index is 2.25. The molecule has 104 valence electrons. The van der Waals surface area contributed by atoms with E-state index in [2.05, 4.69) is 26.3 Å². The van der Waals surface area contributed by atoms with E-state index in [-0.39, 0.29) is 11.5 Å².